The summed E-state index contributed by atoms with van der Waals surface area (Å²) < 4.78 is 27.7. The number of anilines is 1. The fourth-order valence-corrected chi connectivity index (χ4v) is 13.3. The fraction of sp³-hybridized carbons (Fsp3) is 0.346. The molecule has 2 aliphatic rings. The van der Waals surface area contributed by atoms with E-state index < -0.39 is 10.8 Å². The minimum absolute atomic E-state index is 0.174. The number of aromatic nitrogens is 12. The molecule has 0 bridgehead atoms. The number of fused-ring (bicyclic) bond motifs is 4. The molecule has 114 heavy (non-hydrogen) atoms. The summed E-state index contributed by atoms with van der Waals surface area (Å²) in [6.07, 6.45) is 16.8. The van der Waals surface area contributed by atoms with Crippen molar-refractivity contribution in [2.24, 2.45) is 29.4 Å². The van der Waals surface area contributed by atoms with E-state index in [9.17, 15) is 28.2 Å². The van der Waals surface area contributed by atoms with E-state index in [1.54, 1.807) is 79.4 Å². The van der Waals surface area contributed by atoms with E-state index in [1.165, 1.54) is 43.8 Å². The zero-order chi connectivity index (χ0) is 82.3. The molecule has 0 spiro atoms. The van der Waals surface area contributed by atoms with Gasteiger partial charge in [0, 0.05) is 159 Å². The van der Waals surface area contributed by atoms with Crippen molar-refractivity contribution in [1.29, 1.82) is 0 Å². The van der Waals surface area contributed by atoms with E-state index in [1.807, 2.05) is 107 Å². The van der Waals surface area contributed by atoms with Gasteiger partial charge in [-0.25, -0.2) is 53.6 Å². The van der Waals surface area contributed by atoms with Gasteiger partial charge in [0.1, 0.15) is 6.29 Å². The number of aldehydes is 1. The third-order valence-corrected chi connectivity index (χ3v) is 20.4. The number of nitrogens with one attached hydrogen (secondary N) is 4. The number of benzene rings is 4. The van der Waals surface area contributed by atoms with E-state index >= 15 is 0 Å². The molecule has 2 saturated heterocycles. The first-order valence-corrected chi connectivity index (χ1v) is 42.4. The molecule has 33 heteroatoms. The van der Waals surface area contributed by atoms with Crippen molar-refractivity contribution in [1.82, 2.24) is 58.6 Å². The molecule has 2 fully saturated rings. The molecule has 0 amide bonds. The maximum Gasteiger partial charge on any atom is 0.278 e. The molecule has 14 rings (SSSR count). The van der Waals surface area contributed by atoms with Crippen LogP contribution in [0.2, 0.25) is 20.1 Å². The van der Waals surface area contributed by atoms with Gasteiger partial charge in [-0.15, -0.1) is 0 Å². The van der Waals surface area contributed by atoms with Crippen LogP contribution < -0.4 is 55.4 Å². The standard InChI is InChI=1S/C22H26ClN5O2.C18H19ClN4O2S.C18H19ClN4OS.C14H11ClN4OS.C5H11NO.C4H8O/c1-14(2)12-25-28-20-15(11-18(21(28)29)17-5-3-4-6-19(17)23)13-24-22(27-20)26-16-7-9-30-10-8-16;1-11(2)9-21-23-16-12(10-20-18(22-16)26(3)25)8-14(17(23)24)13-6-4-5-7-15(13)19;1-11(2)9-21-23-16-12(10-20-18(22-16)25-3)8-14(17(23)24)13-6-4-5-7-15(13)19;1-21-14-17-7-8-6-10(9-4-2-3-5-11(9)15)13(20)19(16)12(8)18-14;6-5-1-3-7-4-2-5;1-4(2)3-5/h3-6,11,13-14,16,25H,7-10,12H2,1-2H3,(H,24,26,27);4-8,10-11,21H,9H2,1-3H3;4-8,10-11,21H,9H2,1-3H3;2-7H,16H2,1H3;5H,1-4,6H2;3-4H,1-2H3. The average molecular weight is 1690 g/mol. The normalized spacial score (nSPS) is 13.2. The van der Waals surface area contributed by atoms with Crippen molar-refractivity contribution in [3.63, 3.8) is 0 Å². The van der Waals surface area contributed by atoms with Gasteiger partial charge in [0.2, 0.25) is 11.1 Å². The topological polar surface area (TPSA) is 344 Å². The lowest BCUT2D eigenvalue weighted by molar-refractivity contribution is -0.110. The number of rotatable bonds is 19. The molecule has 1 atom stereocenters. The number of hydrogen-bond donors (Lipinski definition) is 6. The predicted octanol–water partition coefficient (Wildman–Crippen LogP) is 14.5. The second-order valence-electron chi connectivity index (χ2n) is 28.0. The fourth-order valence-electron chi connectivity index (χ4n) is 11.3. The number of nitrogen functional groups attached to an aromatic ring is 1. The molecular formula is C81H94Cl4N18O8S3. The van der Waals surface area contributed by atoms with Gasteiger partial charge in [0.05, 0.1) is 33.1 Å². The van der Waals surface area contributed by atoms with Crippen molar-refractivity contribution in [2.45, 2.75) is 109 Å². The highest BCUT2D eigenvalue weighted by Gasteiger charge is 2.22. The Hall–Kier alpha value is -9.40. The van der Waals surface area contributed by atoms with Gasteiger partial charge in [-0.1, -0.05) is 198 Å². The second kappa shape index (κ2) is 42.8. The van der Waals surface area contributed by atoms with Gasteiger partial charge in [-0.05, 0) is 104 Å². The van der Waals surface area contributed by atoms with Gasteiger partial charge in [-0.3, -0.25) is 23.4 Å². The number of carbonyl (C=O) groups excluding carboxylic acids is 1. The van der Waals surface area contributed by atoms with Gasteiger partial charge in [0.15, 0.2) is 32.9 Å². The summed E-state index contributed by atoms with van der Waals surface area (Å²) in [5.41, 5.74) is 20.6. The van der Waals surface area contributed by atoms with Crippen LogP contribution in [0.5, 0.6) is 0 Å². The molecular weight excluding hydrogens is 1590 g/mol. The van der Waals surface area contributed by atoms with Gasteiger partial charge in [0.25, 0.3) is 22.2 Å². The zero-order valence-electron chi connectivity index (χ0n) is 65.2. The number of pyridine rings is 4. The first-order valence-electron chi connectivity index (χ1n) is 36.9. The van der Waals surface area contributed by atoms with Crippen LogP contribution in [0.4, 0.5) is 5.95 Å². The minimum Gasteiger partial charge on any atom is -0.381 e. The smallest absolute Gasteiger partial charge is 0.278 e. The van der Waals surface area contributed by atoms with Gasteiger partial charge < -0.3 is 47.4 Å². The quantitative estimate of drug-likeness (QED) is 0.0189. The number of ether oxygens (including phenoxy) is 2. The van der Waals surface area contributed by atoms with Crippen molar-refractivity contribution in [3.05, 3.63) is 208 Å². The highest BCUT2D eigenvalue weighted by Crippen LogP contribution is 2.32. The van der Waals surface area contributed by atoms with Crippen LogP contribution in [-0.2, 0) is 25.1 Å². The Morgan fingerprint density at radius 3 is 1.15 bits per heavy atom. The van der Waals surface area contributed by atoms with Crippen molar-refractivity contribution in [2.75, 3.05) is 92.3 Å². The van der Waals surface area contributed by atoms with Crippen molar-refractivity contribution < 1.29 is 18.5 Å². The Balaban J connectivity index is 0.000000166. The third kappa shape index (κ3) is 23.7. The van der Waals surface area contributed by atoms with E-state index in [0.29, 0.717) is 158 Å². The molecule has 26 nitrogen and oxygen atoms in total. The average Bonchev–Trinajstić information content (AvgIpc) is 0.782. The van der Waals surface area contributed by atoms with Gasteiger partial charge in [-0.2, -0.15) is 4.98 Å². The van der Waals surface area contributed by atoms with E-state index in [0.717, 1.165) is 73.8 Å². The van der Waals surface area contributed by atoms with E-state index in [-0.39, 0.29) is 39.4 Å². The predicted molar refractivity (Wildman–Crippen MR) is 467 cm³/mol. The largest absolute Gasteiger partial charge is 0.381 e. The number of hydrogen-bond acceptors (Lipinski definition) is 24. The molecule has 602 valence electrons. The number of halogens is 4. The Kier molecular flexibility index (Phi) is 33.3. The highest BCUT2D eigenvalue weighted by molar-refractivity contribution is 7.98. The lowest BCUT2D eigenvalue weighted by atomic mass is 10.1. The Morgan fingerprint density at radius 2 is 0.807 bits per heavy atom. The Labute approximate surface area is 691 Å². The van der Waals surface area contributed by atoms with Crippen molar-refractivity contribution >= 4 is 137 Å². The molecule has 1 unspecified atom stereocenters. The Bertz CT molecular complexity index is 5590. The highest BCUT2D eigenvalue weighted by atomic mass is 35.5. The molecule has 8 N–H and O–H groups in total. The SMILES string of the molecule is CC(C)C=O.CC(C)CNn1c(=O)c(-c2ccccc2Cl)cc2cnc(NC3CCOCC3)nc21.CC(C)CNn1c(=O)c(-c2ccccc2Cl)cc2cnc(S(C)=O)nc21.CSc1ncc2cc(-c3ccccc3Cl)c(=O)n(N)c2n1.CSc1ncc2cc(-c3ccccc3Cl)c(=O)n(NCC(C)C)c2n1.NC1CCOCC1. The molecule has 2 aliphatic heterocycles. The van der Waals surface area contributed by atoms with Crippen LogP contribution in [0.1, 0.15) is 81.1 Å². The first-order chi connectivity index (χ1) is 54.7. The minimum atomic E-state index is -1.34. The Morgan fingerprint density at radius 1 is 0.482 bits per heavy atom. The summed E-state index contributed by atoms with van der Waals surface area (Å²) in [6.45, 7) is 21.2. The molecule has 12 aromatic rings. The molecule has 0 radical (unpaired) electrons. The number of carbonyl (C=O) groups is 1. The summed E-state index contributed by atoms with van der Waals surface area (Å²) in [7, 11) is -1.34. The van der Waals surface area contributed by atoms with Crippen LogP contribution in [-0.4, -0.2) is 146 Å². The lowest BCUT2D eigenvalue weighted by Crippen LogP contribution is -2.33. The number of thioether (sulfide) groups is 2. The van der Waals surface area contributed by atoms with Crippen LogP contribution >= 0.6 is 69.9 Å². The van der Waals surface area contributed by atoms with Crippen LogP contribution in [0.3, 0.4) is 0 Å². The summed E-state index contributed by atoms with van der Waals surface area (Å²) in [4.78, 5) is 96.5. The molecule has 0 saturated carbocycles. The third-order valence-electron chi connectivity index (χ3n) is 17.3. The summed E-state index contributed by atoms with van der Waals surface area (Å²) in [6, 6.07) is 36.7. The molecule has 0 aliphatic carbocycles. The summed E-state index contributed by atoms with van der Waals surface area (Å²) in [5.74, 6) is 7.67. The van der Waals surface area contributed by atoms with Gasteiger partial charge >= 0.3 is 0 Å². The molecule has 4 aromatic carbocycles. The van der Waals surface area contributed by atoms with E-state index in [4.69, 9.17) is 67.5 Å². The van der Waals surface area contributed by atoms with E-state index in [2.05, 4.69) is 89.2 Å². The lowest BCUT2D eigenvalue weighted by Gasteiger charge is -2.23. The van der Waals surface area contributed by atoms with Crippen LogP contribution in [0, 0.1) is 23.7 Å². The summed E-state index contributed by atoms with van der Waals surface area (Å²) in [5, 5.41) is 9.68. The van der Waals surface area contributed by atoms with Crippen LogP contribution in [0.15, 0.2) is 181 Å². The zero-order valence-corrected chi connectivity index (χ0v) is 70.7. The second-order valence-corrected chi connectivity index (χ2v) is 32.5. The maximum absolute atomic E-state index is 13.4. The molecule has 8 aromatic heterocycles. The van der Waals surface area contributed by atoms with Crippen LogP contribution in [0.25, 0.3) is 88.6 Å². The van der Waals surface area contributed by atoms with Crippen molar-refractivity contribution in [3.8, 4) is 44.5 Å². The number of nitrogens with two attached hydrogens (primary N) is 2. The molecule has 10 heterocycles. The first kappa shape index (κ1) is 88.5. The number of nitrogens with zero attached hydrogens (tertiary/aromatic N) is 12. The maximum atomic E-state index is 13.4. The summed E-state index contributed by atoms with van der Waals surface area (Å²) >= 11 is 28.0. The monoisotopic (exact) mass is 1680 g/mol.